The molecular weight excluding hydrogens is 266 g/mol. The molecule has 1 atom stereocenters. The van der Waals surface area contributed by atoms with Crippen LogP contribution in [0.3, 0.4) is 0 Å². The lowest BCUT2D eigenvalue weighted by Crippen LogP contribution is -2.34. The molecule has 0 saturated carbocycles. The van der Waals surface area contributed by atoms with Crippen LogP contribution in [-0.4, -0.2) is 29.1 Å². The molecule has 0 saturated heterocycles. The van der Waals surface area contributed by atoms with E-state index in [0.717, 1.165) is 11.1 Å². The van der Waals surface area contributed by atoms with Gasteiger partial charge in [-0.2, -0.15) is 0 Å². The van der Waals surface area contributed by atoms with Crippen LogP contribution in [0.4, 0.5) is 0 Å². The van der Waals surface area contributed by atoms with E-state index in [1.54, 1.807) is 0 Å². The number of carboxylic acid groups (broad SMARTS) is 1. The molecule has 2 aromatic carbocycles. The fourth-order valence-electron chi connectivity index (χ4n) is 2.71. The number of hydrogen-bond donors (Lipinski definition) is 1. The minimum atomic E-state index is -0.844. The largest absolute Gasteiger partial charge is 0.492 e. The van der Waals surface area contributed by atoms with Gasteiger partial charge >= 0.3 is 5.97 Å². The van der Waals surface area contributed by atoms with Crippen molar-refractivity contribution in [3.8, 4) is 5.75 Å². The van der Waals surface area contributed by atoms with E-state index in [4.69, 9.17) is 4.74 Å². The maximum Gasteiger partial charge on any atom is 0.325 e. The molecule has 0 aliphatic carbocycles. The van der Waals surface area contributed by atoms with Crippen LogP contribution in [-0.2, 0) is 11.3 Å². The summed E-state index contributed by atoms with van der Waals surface area (Å²) in [5.74, 6) is -0.177. The van der Waals surface area contributed by atoms with Crippen LogP contribution in [0, 0.1) is 0 Å². The Morgan fingerprint density at radius 3 is 2.62 bits per heavy atom. The molecule has 1 aliphatic rings. The van der Waals surface area contributed by atoms with Crippen LogP contribution in [0.2, 0.25) is 0 Å². The summed E-state index contributed by atoms with van der Waals surface area (Å²) in [4.78, 5) is 13.7. The molecule has 1 unspecified atom stereocenters. The maximum atomic E-state index is 11.8. The van der Waals surface area contributed by atoms with Crippen LogP contribution >= 0.6 is 0 Å². The van der Waals surface area contributed by atoms with E-state index in [2.05, 4.69) is 0 Å². The lowest BCUT2D eigenvalue weighted by atomic mass is 10.0. The molecule has 4 heteroatoms. The topological polar surface area (TPSA) is 49.8 Å². The first kappa shape index (κ1) is 13.6. The van der Waals surface area contributed by atoms with Crippen molar-refractivity contribution in [2.75, 3.05) is 13.2 Å². The first-order chi connectivity index (χ1) is 10.3. The number of fused-ring (bicyclic) bond motifs is 1. The second kappa shape index (κ2) is 5.97. The monoisotopic (exact) mass is 283 g/mol. The van der Waals surface area contributed by atoms with E-state index >= 15 is 0 Å². The van der Waals surface area contributed by atoms with Gasteiger partial charge in [-0.05, 0) is 11.6 Å². The minimum absolute atomic E-state index is 0.494. The molecule has 2 aromatic rings. The zero-order chi connectivity index (χ0) is 14.7. The number of ether oxygens (including phenoxy) is 1. The third-order valence-corrected chi connectivity index (χ3v) is 3.68. The first-order valence-electron chi connectivity index (χ1n) is 6.98. The molecule has 0 fully saturated rings. The highest BCUT2D eigenvalue weighted by atomic mass is 16.5. The predicted octanol–water partition coefficient (Wildman–Crippen LogP) is 2.71. The Labute approximate surface area is 123 Å². The number of carbonyl (C=O) groups is 1. The summed E-state index contributed by atoms with van der Waals surface area (Å²) in [6.07, 6.45) is 0. The van der Waals surface area contributed by atoms with Gasteiger partial charge in [-0.1, -0.05) is 48.5 Å². The lowest BCUT2D eigenvalue weighted by molar-refractivity contribution is -0.143. The molecule has 4 nitrogen and oxygen atoms in total. The van der Waals surface area contributed by atoms with Crippen molar-refractivity contribution in [3.63, 3.8) is 0 Å². The number of nitrogens with zero attached hydrogens (tertiary/aromatic N) is 1. The molecular formula is C17H17NO3. The van der Waals surface area contributed by atoms with Crippen molar-refractivity contribution in [2.45, 2.75) is 12.6 Å². The van der Waals surface area contributed by atoms with Gasteiger partial charge in [0.25, 0.3) is 0 Å². The van der Waals surface area contributed by atoms with Crippen molar-refractivity contribution in [1.29, 1.82) is 0 Å². The summed E-state index contributed by atoms with van der Waals surface area (Å²) in [7, 11) is 0. The summed E-state index contributed by atoms with van der Waals surface area (Å²) < 4.78 is 5.69. The first-order valence-corrected chi connectivity index (χ1v) is 6.98. The van der Waals surface area contributed by atoms with E-state index in [1.807, 2.05) is 59.5 Å². The van der Waals surface area contributed by atoms with Crippen molar-refractivity contribution in [2.24, 2.45) is 0 Å². The van der Waals surface area contributed by atoms with E-state index < -0.39 is 12.0 Å². The molecule has 21 heavy (non-hydrogen) atoms. The minimum Gasteiger partial charge on any atom is -0.492 e. The maximum absolute atomic E-state index is 11.8. The number of benzene rings is 2. The van der Waals surface area contributed by atoms with Gasteiger partial charge < -0.3 is 9.84 Å². The van der Waals surface area contributed by atoms with Gasteiger partial charge in [0, 0.05) is 18.7 Å². The van der Waals surface area contributed by atoms with Crippen LogP contribution in [0.25, 0.3) is 0 Å². The zero-order valence-corrected chi connectivity index (χ0v) is 11.6. The van der Waals surface area contributed by atoms with E-state index in [1.165, 1.54) is 0 Å². The molecule has 3 rings (SSSR count). The Morgan fingerprint density at radius 2 is 1.86 bits per heavy atom. The highest BCUT2D eigenvalue weighted by molar-refractivity contribution is 5.77. The SMILES string of the molecule is O=C(O)C1c2ccccc2OCCN1Cc1ccccc1. The van der Waals surface area contributed by atoms with Crippen molar-refractivity contribution in [1.82, 2.24) is 4.90 Å². The quantitative estimate of drug-likeness (QED) is 0.941. The molecule has 1 heterocycles. The zero-order valence-electron chi connectivity index (χ0n) is 11.6. The Hall–Kier alpha value is -2.33. The Bertz CT molecular complexity index is 627. The summed E-state index contributed by atoms with van der Waals surface area (Å²) in [5, 5.41) is 9.66. The lowest BCUT2D eigenvalue weighted by Gasteiger charge is -2.26. The molecule has 0 spiro atoms. The van der Waals surface area contributed by atoms with E-state index in [0.29, 0.717) is 25.4 Å². The Kier molecular flexibility index (Phi) is 3.88. The molecule has 1 N–H and O–H groups in total. The summed E-state index contributed by atoms with van der Waals surface area (Å²) >= 11 is 0. The van der Waals surface area contributed by atoms with Crippen molar-refractivity contribution in [3.05, 3.63) is 65.7 Å². The van der Waals surface area contributed by atoms with Gasteiger partial charge in [-0.3, -0.25) is 9.69 Å². The highest BCUT2D eigenvalue weighted by Gasteiger charge is 2.32. The smallest absolute Gasteiger partial charge is 0.325 e. The van der Waals surface area contributed by atoms with Gasteiger partial charge in [0.2, 0.25) is 0 Å². The normalized spacial score (nSPS) is 18.4. The van der Waals surface area contributed by atoms with E-state index in [9.17, 15) is 9.90 Å². The van der Waals surface area contributed by atoms with Gasteiger partial charge in [0.15, 0.2) is 0 Å². The molecule has 0 radical (unpaired) electrons. The van der Waals surface area contributed by atoms with Gasteiger partial charge in [0.1, 0.15) is 18.4 Å². The number of hydrogen-bond acceptors (Lipinski definition) is 3. The average Bonchev–Trinajstić information content (AvgIpc) is 2.67. The third kappa shape index (κ3) is 2.90. The van der Waals surface area contributed by atoms with Gasteiger partial charge in [-0.15, -0.1) is 0 Å². The van der Waals surface area contributed by atoms with Crippen LogP contribution in [0.5, 0.6) is 5.75 Å². The number of aliphatic carboxylic acids is 1. The van der Waals surface area contributed by atoms with Crippen molar-refractivity contribution >= 4 is 5.97 Å². The van der Waals surface area contributed by atoms with Crippen LogP contribution < -0.4 is 4.74 Å². The summed E-state index contributed by atoms with van der Waals surface area (Å²) in [6, 6.07) is 16.6. The average molecular weight is 283 g/mol. The van der Waals surface area contributed by atoms with Crippen molar-refractivity contribution < 1.29 is 14.6 Å². The molecule has 108 valence electrons. The number of rotatable bonds is 3. The number of carboxylic acids is 1. The second-order valence-corrected chi connectivity index (χ2v) is 5.08. The Balaban J connectivity index is 1.94. The number of para-hydroxylation sites is 1. The van der Waals surface area contributed by atoms with E-state index in [-0.39, 0.29) is 0 Å². The standard InChI is InChI=1S/C17H17NO3/c19-17(20)16-14-8-4-5-9-15(14)21-11-10-18(16)12-13-6-2-1-3-7-13/h1-9,16H,10-12H2,(H,19,20). The third-order valence-electron chi connectivity index (χ3n) is 3.68. The fraction of sp³-hybridized carbons (Fsp3) is 0.235. The highest BCUT2D eigenvalue weighted by Crippen LogP contribution is 2.32. The Morgan fingerprint density at radius 1 is 1.14 bits per heavy atom. The predicted molar refractivity (Wildman–Crippen MR) is 79.2 cm³/mol. The van der Waals surface area contributed by atoms with Gasteiger partial charge in [-0.25, -0.2) is 0 Å². The van der Waals surface area contributed by atoms with Gasteiger partial charge in [0.05, 0.1) is 0 Å². The van der Waals surface area contributed by atoms with Crippen LogP contribution in [0.15, 0.2) is 54.6 Å². The second-order valence-electron chi connectivity index (χ2n) is 5.08. The molecule has 0 bridgehead atoms. The molecule has 0 aromatic heterocycles. The van der Waals surface area contributed by atoms with Crippen LogP contribution in [0.1, 0.15) is 17.2 Å². The molecule has 1 aliphatic heterocycles. The molecule has 0 amide bonds. The summed E-state index contributed by atoms with van der Waals surface area (Å²) in [5.41, 5.74) is 1.82. The summed E-state index contributed by atoms with van der Waals surface area (Å²) in [6.45, 7) is 1.67. The fourth-order valence-corrected chi connectivity index (χ4v) is 2.71.